The molecule has 1 aromatic carbocycles. The number of hydrogen-bond donors (Lipinski definition) is 1. The highest BCUT2D eigenvalue weighted by atomic mass is 14.8. The fourth-order valence-electron chi connectivity index (χ4n) is 0.801. The highest BCUT2D eigenvalue weighted by Crippen LogP contribution is 2.07. The SMILES string of the molecule is C=CC.CC.CNc1cccc(C)c1. The maximum Gasteiger partial charge on any atom is 0.0340 e. The number of allylic oxidation sites excluding steroid dienone is 1. The zero-order chi connectivity index (χ0) is 11.4. The molecule has 0 unspecified atom stereocenters. The largest absolute Gasteiger partial charge is 0.388 e. The first kappa shape index (κ1) is 15.2. The Kier molecular flexibility index (Phi) is 12.8. The third kappa shape index (κ3) is 8.85. The lowest BCUT2D eigenvalue weighted by molar-refractivity contribution is 1.43. The molecule has 0 aliphatic rings. The van der Waals surface area contributed by atoms with Gasteiger partial charge in [-0.3, -0.25) is 0 Å². The van der Waals surface area contributed by atoms with Crippen LogP contribution in [0.3, 0.4) is 0 Å². The molecule has 1 rings (SSSR count). The van der Waals surface area contributed by atoms with Crippen molar-refractivity contribution < 1.29 is 0 Å². The van der Waals surface area contributed by atoms with Crippen molar-refractivity contribution in [1.29, 1.82) is 0 Å². The Hall–Kier alpha value is -1.24. The van der Waals surface area contributed by atoms with Crippen LogP contribution in [0, 0.1) is 6.92 Å². The summed E-state index contributed by atoms with van der Waals surface area (Å²) in [5.41, 5.74) is 2.47. The molecule has 0 atom stereocenters. The fraction of sp³-hybridized carbons (Fsp3) is 0.385. The van der Waals surface area contributed by atoms with Crippen LogP contribution in [0.25, 0.3) is 0 Å². The van der Waals surface area contributed by atoms with E-state index in [0.29, 0.717) is 0 Å². The third-order valence-electron chi connectivity index (χ3n) is 1.31. The summed E-state index contributed by atoms with van der Waals surface area (Å²) < 4.78 is 0. The summed E-state index contributed by atoms with van der Waals surface area (Å²) in [4.78, 5) is 0. The molecule has 0 saturated heterocycles. The Balaban J connectivity index is 0. The second-order valence-corrected chi connectivity index (χ2v) is 2.53. The predicted octanol–water partition coefficient (Wildman–Crippen LogP) is 4.26. The van der Waals surface area contributed by atoms with Crippen molar-refractivity contribution in [2.75, 3.05) is 12.4 Å². The van der Waals surface area contributed by atoms with Gasteiger partial charge in [-0.05, 0) is 31.5 Å². The van der Waals surface area contributed by atoms with Crippen LogP contribution in [-0.2, 0) is 0 Å². The average molecular weight is 193 g/mol. The zero-order valence-electron chi connectivity index (χ0n) is 10.1. The Morgan fingerprint density at radius 1 is 1.29 bits per heavy atom. The van der Waals surface area contributed by atoms with Crippen molar-refractivity contribution in [2.45, 2.75) is 27.7 Å². The van der Waals surface area contributed by atoms with Crippen LogP contribution in [0.4, 0.5) is 5.69 Å². The van der Waals surface area contributed by atoms with Crippen LogP contribution < -0.4 is 5.32 Å². The van der Waals surface area contributed by atoms with E-state index in [-0.39, 0.29) is 0 Å². The van der Waals surface area contributed by atoms with Crippen molar-refractivity contribution in [2.24, 2.45) is 0 Å². The summed E-state index contributed by atoms with van der Waals surface area (Å²) in [6.45, 7) is 11.3. The molecule has 0 saturated carbocycles. The van der Waals surface area contributed by atoms with Crippen LogP contribution in [-0.4, -0.2) is 7.05 Å². The van der Waals surface area contributed by atoms with Crippen molar-refractivity contribution >= 4 is 5.69 Å². The van der Waals surface area contributed by atoms with E-state index in [1.54, 1.807) is 6.08 Å². The van der Waals surface area contributed by atoms with Gasteiger partial charge >= 0.3 is 0 Å². The molecule has 0 radical (unpaired) electrons. The minimum atomic E-state index is 1.18. The second kappa shape index (κ2) is 11.8. The lowest BCUT2D eigenvalue weighted by atomic mass is 10.2. The van der Waals surface area contributed by atoms with Crippen molar-refractivity contribution in [3.63, 3.8) is 0 Å². The van der Waals surface area contributed by atoms with E-state index in [9.17, 15) is 0 Å². The average Bonchev–Trinajstić information content (AvgIpc) is 2.22. The number of benzene rings is 1. The Morgan fingerprint density at radius 2 is 1.79 bits per heavy atom. The van der Waals surface area contributed by atoms with Crippen LogP contribution in [0.1, 0.15) is 26.3 Å². The van der Waals surface area contributed by atoms with Crippen molar-refractivity contribution in [3.05, 3.63) is 42.5 Å². The molecule has 14 heavy (non-hydrogen) atoms. The molecular formula is C13H23N. The van der Waals surface area contributed by atoms with Crippen LogP contribution in [0.5, 0.6) is 0 Å². The van der Waals surface area contributed by atoms with Gasteiger partial charge in [0.15, 0.2) is 0 Å². The number of hydrogen-bond acceptors (Lipinski definition) is 1. The molecule has 0 aliphatic heterocycles. The highest BCUT2D eigenvalue weighted by Gasteiger charge is 1.84. The van der Waals surface area contributed by atoms with Crippen LogP contribution in [0.15, 0.2) is 36.9 Å². The predicted molar refractivity (Wildman–Crippen MR) is 67.9 cm³/mol. The van der Waals surface area contributed by atoms with Crippen molar-refractivity contribution in [3.8, 4) is 0 Å². The van der Waals surface area contributed by atoms with E-state index in [1.807, 2.05) is 40.0 Å². The van der Waals surface area contributed by atoms with Gasteiger partial charge in [-0.1, -0.05) is 32.1 Å². The molecule has 0 heterocycles. The minimum absolute atomic E-state index is 1.18. The van der Waals surface area contributed by atoms with Gasteiger partial charge < -0.3 is 5.32 Å². The zero-order valence-corrected chi connectivity index (χ0v) is 10.1. The minimum Gasteiger partial charge on any atom is -0.388 e. The van der Waals surface area contributed by atoms with Gasteiger partial charge in [-0.25, -0.2) is 0 Å². The van der Waals surface area contributed by atoms with Gasteiger partial charge in [-0.2, -0.15) is 0 Å². The lowest BCUT2D eigenvalue weighted by Crippen LogP contribution is -1.86. The standard InChI is InChI=1S/C8H11N.C3H6.C2H6/c1-7-4-3-5-8(6-7)9-2;1-3-2;1-2/h3-6,9H,1-2H3;3H,1H2,2H3;1-2H3. The quantitative estimate of drug-likeness (QED) is 0.657. The highest BCUT2D eigenvalue weighted by molar-refractivity contribution is 5.44. The van der Waals surface area contributed by atoms with Gasteiger partial charge in [0.05, 0.1) is 0 Å². The molecule has 0 fully saturated rings. The fourth-order valence-corrected chi connectivity index (χ4v) is 0.801. The molecule has 0 amide bonds. The number of aryl methyl sites for hydroxylation is 1. The topological polar surface area (TPSA) is 12.0 Å². The smallest absolute Gasteiger partial charge is 0.0340 e. The normalized spacial score (nSPS) is 7.21. The van der Waals surface area contributed by atoms with E-state index < -0.39 is 0 Å². The number of rotatable bonds is 1. The molecule has 0 bridgehead atoms. The molecule has 80 valence electrons. The van der Waals surface area contributed by atoms with E-state index in [1.165, 1.54) is 11.3 Å². The monoisotopic (exact) mass is 193 g/mol. The first-order chi connectivity index (χ1) is 6.74. The Bertz CT molecular complexity index is 228. The van der Waals surface area contributed by atoms with Crippen LogP contribution in [0.2, 0.25) is 0 Å². The first-order valence-corrected chi connectivity index (χ1v) is 5.06. The van der Waals surface area contributed by atoms with Gasteiger partial charge in [0.25, 0.3) is 0 Å². The van der Waals surface area contributed by atoms with Gasteiger partial charge in [0.2, 0.25) is 0 Å². The maximum absolute atomic E-state index is 3.36. The number of nitrogens with one attached hydrogen (secondary N) is 1. The molecule has 0 spiro atoms. The summed E-state index contributed by atoms with van der Waals surface area (Å²) in [7, 11) is 1.93. The molecule has 1 N–H and O–H groups in total. The number of anilines is 1. The van der Waals surface area contributed by atoms with Gasteiger partial charge in [0.1, 0.15) is 0 Å². The van der Waals surface area contributed by atoms with Gasteiger partial charge in [-0.15, -0.1) is 6.58 Å². The molecule has 0 aromatic heterocycles. The lowest BCUT2D eigenvalue weighted by Gasteiger charge is -1.98. The third-order valence-corrected chi connectivity index (χ3v) is 1.31. The Labute approximate surface area is 88.9 Å². The van der Waals surface area contributed by atoms with E-state index >= 15 is 0 Å². The van der Waals surface area contributed by atoms with Crippen molar-refractivity contribution in [1.82, 2.24) is 0 Å². The van der Waals surface area contributed by atoms with E-state index in [0.717, 1.165) is 0 Å². The first-order valence-electron chi connectivity index (χ1n) is 5.06. The Morgan fingerprint density at radius 3 is 2.07 bits per heavy atom. The van der Waals surface area contributed by atoms with Gasteiger partial charge in [0, 0.05) is 12.7 Å². The summed E-state index contributed by atoms with van der Waals surface area (Å²) in [6.07, 6.45) is 1.75. The summed E-state index contributed by atoms with van der Waals surface area (Å²) in [5.74, 6) is 0. The molecule has 1 heteroatoms. The maximum atomic E-state index is 3.36. The molecular weight excluding hydrogens is 170 g/mol. The molecule has 1 nitrogen and oxygen atoms in total. The summed E-state index contributed by atoms with van der Waals surface area (Å²) in [6, 6.07) is 8.29. The summed E-state index contributed by atoms with van der Waals surface area (Å²) in [5, 5.41) is 3.07. The van der Waals surface area contributed by atoms with E-state index in [4.69, 9.17) is 0 Å². The summed E-state index contributed by atoms with van der Waals surface area (Å²) >= 11 is 0. The van der Waals surface area contributed by atoms with Crippen LogP contribution >= 0.6 is 0 Å². The second-order valence-electron chi connectivity index (χ2n) is 2.53. The molecule has 0 aliphatic carbocycles. The van der Waals surface area contributed by atoms with E-state index in [2.05, 4.69) is 31.0 Å². The molecule has 1 aromatic rings.